The molecule has 266 valence electrons. The molecule has 3 aromatic rings. The lowest BCUT2D eigenvalue weighted by Crippen LogP contribution is -2.47. The van der Waals surface area contributed by atoms with Gasteiger partial charge in [-0.2, -0.15) is 0 Å². The zero-order valence-corrected chi connectivity index (χ0v) is 30.0. The van der Waals surface area contributed by atoms with E-state index in [9.17, 15) is 9.59 Å². The summed E-state index contributed by atoms with van der Waals surface area (Å²) in [6, 6.07) is 19.7. The first-order valence-electron chi connectivity index (χ1n) is 17.6. The summed E-state index contributed by atoms with van der Waals surface area (Å²) in [6.07, 6.45) is 4.51. The van der Waals surface area contributed by atoms with Gasteiger partial charge < -0.3 is 34.5 Å². The first kappa shape index (κ1) is 35.9. The van der Waals surface area contributed by atoms with Gasteiger partial charge in [0.25, 0.3) is 5.91 Å². The number of nitrogens with one attached hydrogen (secondary N) is 2. The van der Waals surface area contributed by atoms with Gasteiger partial charge in [0.15, 0.2) is 0 Å². The fourth-order valence-corrected chi connectivity index (χ4v) is 6.68. The summed E-state index contributed by atoms with van der Waals surface area (Å²) in [7, 11) is 1.59. The van der Waals surface area contributed by atoms with Gasteiger partial charge >= 0.3 is 0 Å². The van der Waals surface area contributed by atoms with Gasteiger partial charge in [-0.1, -0.05) is 54.1 Å². The van der Waals surface area contributed by atoms with E-state index >= 15 is 0 Å². The number of carbonyl (C=O) groups is 2. The van der Waals surface area contributed by atoms with E-state index in [0.29, 0.717) is 56.5 Å². The van der Waals surface area contributed by atoms with Crippen molar-refractivity contribution in [2.24, 2.45) is 5.92 Å². The molecule has 2 aliphatic carbocycles. The minimum absolute atomic E-state index is 0.0202. The third-order valence-electron chi connectivity index (χ3n) is 9.48. The Morgan fingerprint density at radius 2 is 1.70 bits per heavy atom. The van der Waals surface area contributed by atoms with Crippen molar-refractivity contribution in [1.82, 2.24) is 15.5 Å². The van der Waals surface area contributed by atoms with Crippen LogP contribution in [0.15, 0.2) is 66.2 Å². The number of carbonyl (C=O) groups excluding carboxylic acids is 2. The van der Waals surface area contributed by atoms with Gasteiger partial charge in [0.1, 0.15) is 31.5 Å². The van der Waals surface area contributed by atoms with Gasteiger partial charge in [-0.3, -0.25) is 9.59 Å². The van der Waals surface area contributed by atoms with Crippen LogP contribution in [0, 0.1) is 19.8 Å². The maximum absolute atomic E-state index is 14.7. The number of ether oxygens (including phenoxy) is 4. The molecule has 1 aliphatic heterocycles. The predicted molar refractivity (Wildman–Crippen MR) is 194 cm³/mol. The van der Waals surface area contributed by atoms with Crippen LogP contribution in [0.1, 0.15) is 59.9 Å². The Morgan fingerprint density at radius 1 is 0.960 bits per heavy atom. The second-order valence-corrected chi connectivity index (χ2v) is 13.9. The van der Waals surface area contributed by atoms with Crippen LogP contribution < -0.4 is 20.1 Å². The number of nitrogens with zero attached hydrogens (tertiary/aromatic N) is 1. The molecule has 9 nitrogen and oxygen atoms in total. The molecule has 0 spiro atoms. The Morgan fingerprint density at radius 3 is 2.40 bits per heavy atom. The quantitative estimate of drug-likeness (QED) is 0.125. The molecule has 2 amide bonds. The number of para-hydroxylation sites is 1. The molecule has 10 heteroatoms. The number of amides is 2. The summed E-state index contributed by atoms with van der Waals surface area (Å²) in [5.74, 6) is 1.87. The van der Waals surface area contributed by atoms with Crippen molar-refractivity contribution in [2.75, 3.05) is 40.3 Å². The Bertz CT molecular complexity index is 1660. The van der Waals surface area contributed by atoms with E-state index in [1.54, 1.807) is 7.11 Å². The molecule has 2 N–H and O–H groups in total. The molecule has 3 aromatic carbocycles. The summed E-state index contributed by atoms with van der Waals surface area (Å²) in [4.78, 5) is 28.9. The molecular weight excluding hydrogens is 654 g/mol. The lowest BCUT2D eigenvalue weighted by molar-refractivity contribution is -0.129. The molecule has 1 unspecified atom stereocenters. The Labute approximate surface area is 300 Å². The van der Waals surface area contributed by atoms with E-state index in [1.807, 2.05) is 79.4 Å². The van der Waals surface area contributed by atoms with E-state index < -0.39 is 0 Å². The second kappa shape index (κ2) is 16.9. The predicted octanol–water partition coefficient (Wildman–Crippen LogP) is 6.37. The second-order valence-electron chi connectivity index (χ2n) is 13.5. The van der Waals surface area contributed by atoms with Crippen LogP contribution in [0.5, 0.6) is 11.5 Å². The monoisotopic (exact) mass is 701 g/mol. The van der Waals surface area contributed by atoms with Gasteiger partial charge in [-0.05, 0) is 104 Å². The van der Waals surface area contributed by atoms with Crippen molar-refractivity contribution in [1.29, 1.82) is 0 Å². The third kappa shape index (κ3) is 9.26. The highest BCUT2D eigenvalue weighted by molar-refractivity contribution is 6.31. The molecule has 0 saturated heterocycles. The molecule has 0 aromatic heterocycles. The molecule has 3 aliphatic rings. The number of benzene rings is 3. The number of hydrogen-bond acceptors (Lipinski definition) is 7. The summed E-state index contributed by atoms with van der Waals surface area (Å²) in [5.41, 5.74) is 6.72. The molecule has 0 radical (unpaired) electrons. The lowest BCUT2D eigenvalue weighted by Gasteiger charge is -2.33. The van der Waals surface area contributed by atoms with E-state index in [-0.39, 0.29) is 36.6 Å². The molecule has 6 rings (SSSR count). The summed E-state index contributed by atoms with van der Waals surface area (Å²) >= 11 is 6.72. The topological polar surface area (TPSA) is 98.4 Å². The van der Waals surface area contributed by atoms with Gasteiger partial charge in [0, 0.05) is 42.8 Å². The van der Waals surface area contributed by atoms with Crippen molar-refractivity contribution in [2.45, 2.75) is 71.1 Å². The molecule has 1 atom stereocenters. The van der Waals surface area contributed by atoms with Crippen LogP contribution in [-0.2, 0) is 32.2 Å². The fraction of sp³-hybridized carbons (Fsp3) is 0.450. The van der Waals surface area contributed by atoms with E-state index in [0.717, 1.165) is 70.6 Å². The van der Waals surface area contributed by atoms with Crippen LogP contribution in [0.2, 0.25) is 5.02 Å². The highest BCUT2D eigenvalue weighted by Gasteiger charge is 2.38. The molecule has 1 heterocycles. The first-order chi connectivity index (χ1) is 24.3. The highest BCUT2D eigenvalue weighted by Crippen LogP contribution is 2.36. The summed E-state index contributed by atoms with van der Waals surface area (Å²) in [6.45, 7) is 6.91. The Kier molecular flexibility index (Phi) is 12.1. The number of hydrogen-bond donors (Lipinski definition) is 2. The molecule has 50 heavy (non-hydrogen) atoms. The van der Waals surface area contributed by atoms with Crippen LogP contribution in [0.3, 0.4) is 0 Å². The zero-order chi connectivity index (χ0) is 35.0. The van der Waals surface area contributed by atoms with Crippen molar-refractivity contribution >= 4 is 29.0 Å². The van der Waals surface area contributed by atoms with Crippen molar-refractivity contribution in [3.05, 3.63) is 99.1 Å². The summed E-state index contributed by atoms with van der Waals surface area (Å²) < 4.78 is 23.0. The number of aryl methyl sites for hydroxylation is 2. The van der Waals surface area contributed by atoms with Crippen LogP contribution >= 0.6 is 11.6 Å². The normalized spacial score (nSPS) is 17.4. The highest BCUT2D eigenvalue weighted by atomic mass is 35.5. The Balaban J connectivity index is 1.19. The van der Waals surface area contributed by atoms with Crippen LogP contribution in [0.25, 0.3) is 5.57 Å². The molecule has 2 saturated carbocycles. The zero-order valence-electron chi connectivity index (χ0n) is 29.3. The van der Waals surface area contributed by atoms with Gasteiger partial charge in [0.2, 0.25) is 5.91 Å². The standard InChI is InChI=1S/C40H48ClN3O6/c1-26-5-4-6-27(2)38(26)50-20-19-49-33-14-10-29(11-15-33)34-17-18-42-36(24-48-25-47-3)37(34)40(46)44(32-12-13-32)23-31-21-28(7-16-35(31)41)22-43-39(45)30-8-9-30/h4-7,10-11,14-16,21,30,32,36,42H,8-9,12-13,17-20,22-25H2,1-3H3,(H,43,45). The average molecular weight is 702 g/mol. The molecule has 0 bridgehead atoms. The lowest BCUT2D eigenvalue weighted by atomic mass is 9.88. The minimum atomic E-state index is -0.305. The van der Waals surface area contributed by atoms with Crippen LogP contribution in [-0.4, -0.2) is 69.1 Å². The number of halogens is 1. The van der Waals surface area contributed by atoms with Crippen LogP contribution in [0.4, 0.5) is 0 Å². The number of methoxy groups -OCH3 is 1. The molecular formula is C40H48ClN3O6. The summed E-state index contributed by atoms with van der Waals surface area (Å²) in [5, 5.41) is 7.16. The van der Waals surface area contributed by atoms with Crippen molar-refractivity contribution in [3.63, 3.8) is 0 Å². The first-order valence-corrected chi connectivity index (χ1v) is 18.0. The Hall–Kier alpha value is -3.89. The fourth-order valence-electron chi connectivity index (χ4n) is 6.50. The van der Waals surface area contributed by atoms with E-state index in [1.165, 1.54) is 0 Å². The van der Waals surface area contributed by atoms with Gasteiger partial charge in [-0.25, -0.2) is 0 Å². The minimum Gasteiger partial charge on any atom is -0.490 e. The maximum Gasteiger partial charge on any atom is 0.252 e. The van der Waals surface area contributed by atoms with E-state index in [2.05, 4.69) is 10.6 Å². The van der Waals surface area contributed by atoms with Gasteiger partial charge in [-0.15, -0.1) is 0 Å². The SMILES string of the molecule is COCOCC1NCCC(c2ccc(OCCOc3c(C)cccc3C)cc2)=C1C(=O)N(Cc1cc(CNC(=O)C2CC2)ccc1Cl)C1CC1. The number of rotatable bonds is 17. The largest absolute Gasteiger partial charge is 0.490 e. The van der Waals surface area contributed by atoms with Crippen molar-refractivity contribution in [3.8, 4) is 11.5 Å². The average Bonchev–Trinajstić information content (AvgIpc) is 4.05. The van der Waals surface area contributed by atoms with E-state index in [4.69, 9.17) is 30.5 Å². The third-order valence-corrected chi connectivity index (χ3v) is 9.85. The maximum atomic E-state index is 14.7. The van der Waals surface area contributed by atoms with Gasteiger partial charge in [0.05, 0.1) is 12.6 Å². The van der Waals surface area contributed by atoms with Crippen molar-refractivity contribution < 1.29 is 28.5 Å². The molecule has 2 fully saturated rings. The smallest absolute Gasteiger partial charge is 0.252 e.